The zero-order chi connectivity index (χ0) is 23.3. The monoisotopic (exact) mass is 455 g/mol. The van der Waals surface area contributed by atoms with Crippen LogP contribution in [0.4, 0.5) is 5.69 Å². The van der Waals surface area contributed by atoms with E-state index in [1.165, 1.54) is 13.1 Å². The first-order valence-electron chi connectivity index (χ1n) is 9.40. The third-order valence-electron chi connectivity index (χ3n) is 4.58. The Balaban J connectivity index is 2.07. The van der Waals surface area contributed by atoms with Crippen molar-refractivity contribution in [1.82, 2.24) is 0 Å². The van der Waals surface area contributed by atoms with E-state index in [1.54, 1.807) is 48.5 Å². The summed E-state index contributed by atoms with van der Waals surface area (Å²) in [5.74, 6) is -0.737. The van der Waals surface area contributed by atoms with Crippen LogP contribution in [-0.2, 0) is 19.5 Å². The van der Waals surface area contributed by atoms with Crippen molar-refractivity contribution in [2.24, 2.45) is 0 Å². The number of para-hydroxylation sites is 3. The van der Waals surface area contributed by atoms with Crippen molar-refractivity contribution in [1.29, 1.82) is 0 Å². The molecule has 8 nitrogen and oxygen atoms in total. The number of esters is 2. The lowest BCUT2D eigenvalue weighted by molar-refractivity contribution is 0.0598. The standard InChI is InChI=1S/C23H21NO7S/c1-24(20-11-7-8-12-21(20)31-18-9-5-4-6-10-18)32(27,28)19-14-16(22(25)29-2)13-17(15-19)23(26)30-3/h4-15H,1-3H3. The molecule has 32 heavy (non-hydrogen) atoms. The maximum absolute atomic E-state index is 13.4. The topological polar surface area (TPSA) is 99.2 Å². The van der Waals surface area contributed by atoms with Gasteiger partial charge in [-0.1, -0.05) is 30.3 Å². The molecule has 0 amide bonds. The highest BCUT2D eigenvalue weighted by Crippen LogP contribution is 2.34. The predicted octanol–water partition coefficient (Wildman–Crippen LogP) is 3.88. The van der Waals surface area contributed by atoms with Crippen molar-refractivity contribution >= 4 is 27.6 Å². The Labute approximate surface area is 186 Å². The van der Waals surface area contributed by atoms with Crippen LogP contribution in [0, 0.1) is 0 Å². The van der Waals surface area contributed by atoms with Gasteiger partial charge in [0.2, 0.25) is 0 Å². The minimum Gasteiger partial charge on any atom is -0.465 e. The highest BCUT2D eigenvalue weighted by molar-refractivity contribution is 7.92. The van der Waals surface area contributed by atoms with Crippen molar-refractivity contribution in [3.05, 3.63) is 83.9 Å². The fraction of sp³-hybridized carbons (Fsp3) is 0.130. The Morgan fingerprint density at radius 3 is 1.88 bits per heavy atom. The summed E-state index contributed by atoms with van der Waals surface area (Å²) in [6.45, 7) is 0. The highest BCUT2D eigenvalue weighted by Gasteiger charge is 2.27. The van der Waals surface area contributed by atoms with E-state index in [0.29, 0.717) is 11.5 Å². The summed E-state index contributed by atoms with van der Waals surface area (Å²) in [5, 5.41) is 0. The van der Waals surface area contributed by atoms with Gasteiger partial charge in [-0.3, -0.25) is 4.31 Å². The van der Waals surface area contributed by atoms with Gasteiger partial charge in [-0.15, -0.1) is 0 Å². The Bertz CT molecular complexity index is 1210. The molecule has 0 aliphatic carbocycles. The molecule has 0 heterocycles. The molecule has 0 spiro atoms. The lowest BCUT2D eigenvalue weighted by Crippen LogP contribution is -2.27. The Kier molecular flexibility index (Phi) is 6.79. The number of carbonyl (C=O) groups excluding carboxylic acids is 2. The predicted molar refractivity (Wildman–Crippen MR) is 118 cm³/mol. The molecule has 0 aromatic heterocycles. The molecule has 0 saturated carbocycles. The van der Waals surface area contributed by atoms with Crippen molar-refractivity contribution in [2.45, 2.75) is 4.90 Å². The van der Waals surface area contributed by atoms with Gasteiger partial charge in [0.05, 0.1) is 35.9 Å². The number of rotatable bonds is 7. The first-order valence-corrected chi connectivity index (χ1v) is 10.8. The lowest BCUT2D eigenvalue weighted by Gasteiger charge is -2.22. The van der Waals surface area contributed by atoms with Crippen LogP contribution in [0.5, 0.6) is 11.5 Å². The maximum Gasteiger partial charge on any atom is 0.337 e. The normalized spacial score (nSPS) is 10.8. The second-order valence-corrected chi connectivity index (χ2v) is 8.55. The molecule has 3 aromatic rings. The number of methoxy groups -OCH3 is 2. The van der Waals surface area contributed by atoms with Gasteiger partial charge >= 0.3 is 11.9 Å². The van der Waals surface area contributed by atoms with Crippen LogP contribution in [0.15, 0.2) is 77.7 Å². The van der Waals surface area contributed by atoms with E-state index in [1.807, 2.05) is 6.07 Å². The van der Waals surface area contributed by atoms with Gasteiger partial charge in [0.25, 0.3) is 10.0 Å². The molecule has 0 bridgehead atoms. The highest BCUT2D eigenvalue weighted by atomic mass is 32.2. The Hall–Kier alpha value is -3.85. The zero-order valence-corrected chi connectivity index (χ0v) is 18.5. The average molecular weight is 455 g/mol. The molecule has 0 saturated heterocycles. The van der Waals surface area contributed by atoms with Gasteiger partial charge in [-0.2, -0.15) is 0 Å². The molecule has 0 N–H and O–H groups in total. The first kappa shape index (κ1) is 22.8. The van der Waals surface area contributed by atoms with Gasteiger partial charge in [-0.05, 0) is 42.5 Å². The molecule has 0 aliphatic rings. The fourth-order valence-electron chi connectivity index (χ4n) is 2.93. The third-order valence-corrected chi connectivity index (χ3v) is 6.33. The molecule has 3 rings (SSSR count). The van der Waals surface area contributed by atoms with Crippen molar-refractivity contribution in [3.8, 4) is 11.5 Å². The first-order chi connectivity index (χ1) is 15.3. The lowest BCUT2D eigenvalue weighted by atomic mass is 10.1. The van der Waals surface area contributed by atoms with Crippen LogP contribution in [-0.4, -0.2) is 41.6 Å². The summed E-state index contributed by atoms with van der Waals surface area (Å²) in [7, 11) is -0.530. The van der Waals surface area contributed by atoms with Gasteiger partial charge < -0.3 is 14.2 Å². The zero-order valence-electron chi connectivity index (χ0n) is 17.6. The van der Waals surface area contributed by atoms with Crippen molar-refractivity contribution in [3.63, 3.8) is 0 Å². The number of nitrogens with zero attached hydrogens (tertiary/aromatic N) is 1. The van der Waals surface area contributed by atoms with Crippen LogP contribution >= 0.6 is 0 Å². The minimum atomic E-state index is -4.20. The largest absolute Gasteiger partial charge is 0.465 e. The van der Waals surface area contributed by atoms with E-state index in [4.69, 9.17) is 4.74 Å². The molecule has 9 heteroatoms. The van der Waals surface area contributed by atoms with Crippen LogP contribution in [0.3, 0.4) is 0 Å². The number of hydrogen-bond donors (Lipinski definition) is 0. The molecule has 0 unspecified atom stereocenters. The van der Waals surface area contributed by atoms with E-state index < -0.39 is 22.0 Å². The Morgan fingerprint density at radius 2 is 1.31 bits per heavy atom. The number of benzene rings is 3. The summed E-state index contributed by atoms with van der Waals surface area (Å²) < 4.78 is 43.1. The van der Waals surface area contributed by atoms with Crippen molar-refractivity contribution in [2.75, 3.05) is 25.6 Å². The molecular weight excluding hydrogens is 434 g/mol. The number of sulfonamides is 1. The Morgan fingerprint density at radius 1 is 0.781 bits per heavy atom. The second-order valence-electron chi connectivity index (χ2n) is 6.58. The van der Waals surface area contributed by atoms with E-state index in [-0.39, 0.29) is 21.7 Å². The molecule has 0 fully saturated rings. The molecular formula is C23H21NO7S. The van der Waals surface area contributed by atoms with Gasteiger partial charge in [-0.25, -0.2) is 18.0 Å². The van der Waals surface area contributed by atoms with Crippen LogP contribution in [0.25, 0.3) is 0 Å². The molecule has 0 atom stereocenters. The van der Waals surface area contributed by atoms with Crippen LogP contribution < -0.4 is 9.04 Å². The maximum atomic E-state index is 13.4. The average Bonchev–Trinajstić information content (AvgIpc) is 2.83. The summed E-state index contributed by atoms with van der Waals surface area (Å²) in [6.07, 6.45) is 0. The number of carbonyl (C=O) groups is 2. The van der Waals surface area contributed by atoms with Crippen molar-refractivity contribution < 1.29 is 32.2 Å². The third kappa shape index (κ3) is 4.73. The smallest absolute Gasteiger partial charge is 0.337 e. The summed E-state index contributed by atoms with van der Waals surface area (Å²) in [6, 6.07) is 19.0. The van der Waals surface area contributed by atoms with Crippen LogP contribution in [0.1, 0.15) is 20.7 Å². The SMILES string of the molecule is COC(=O)c1cc(C(=O)OC)cc(S(=O)(=O)N(C)c2ccccc2Oc2ccccc2)c1. The summed E-state index contributed by atoms with van der Waals surface area (Å²) in [4.78, 5) is 23.8. The minimum absolute atomic E-state index is 0.101. The van der Waals surface area contributed by atoms with Gasteiger partial charge in [0, 0.05) is 7.05 Å². The van der Waals surface area contributed by atoms with E-state index >= 15 is 0 Å². The molecule has 166 valence electrons. The van der Waals surface area contributed by atoms with Gasteiger partial charge in [0.15, 0.2) is 5.75 Å². The molecule has 0 radical (unpaired) electrons. The summed E-state index contributed by atoms with van der Waals surface area (Å²) >= 11 is 0. The fourth-order valence-corrected chi connectivity index (χ4v) is 4.20. The number of anilines is 1. The van der Waals surface area contributed by atoms with E-state index in [2.05, 4.69) is 9.47 Å². The molecule has 0 aliphatic heterocycles. The van der Waals surface area contributed by atoms with Gasteiger partial charge in [0.1, 0.15) is 5.75 Å². The van der Waals surface area contributed by atoms with E-state index in [0.717, 1.165) is 30.7 Å². The van der Waals surface area contributed by atoms with Crippen LogP contribution in [0.2, 0.25) is 0 Å². The number of hydrogen-bond acceptors (Lipinski definition) is 7. The summed E-state index contributed by atoms with van der Waals surface area (Å²) in [5.41, 5.74) is 0.0619. The second kappa shape index (κ2) is 9.52. The quantitative estimate of drug-likeness (QED) is 0.499. The van der Waals surface area contributed by atoms with E-state index in [9.17, 15) is 18.0 Å². The molecule has 3 aromatic carbocycles. The number of ether oxygens (including phenoxy) is 3.